The SMILES string of the molecule is CC(Cl)c1nc2cnccc2n1C(C)CCN(C)C. The third-order valence-electron chi connectivity index (χ3n) is 3.31. The Balaban J connectivity index is 2.41. The Hall–Kier alpha value is -1.13. The minimum absolute atomic E-state index is 0.103. The molecule has 2 rings (SSSR count). The Bertz CT molecular complexity index is 547. The molecule has 104 valence electrons. The van der Waals surface area contributed by atoms with Gasteiger partial charge in [0, 0.05) is 12.2 Å². The van der Waals surface area contributed by atoms with Crippen LogP contribution >= 0.6 is 11.6 Å². The van der Waals surface area contributed by atoms with E-state index in [9.17, 15) is 0 Å². The van der Waals surface area contributed by atoms with Gasteiger partial charge in [-0.2, -0.15) is 0 Å². The summed E-state index contributed by atoms with van der Waals surface area (Å²) in [5.41, 5.74) is 2.03. The highest BCUT2D eigenvalue weighted by Crippen LogP contribution is 2.28. The molecule has 19 heavy (non-hydrogen) atoms. The summed E-state index contributed by atoms with van der Waals surface area (Å²) in [5.74, 6) is 0.927. The molecule has 0 radical (unpaired) electrons. The number of alkyl halides is 1. The molecule has 0 bridgehead atoms. The number of aromatic nitrogens is 3. The van der Waals surface area contributed by atoms with Crippen LogP contribution in [0.1, 0.15) is 37.5 Å². The van der Waals surface area contributed by atoms with Crippen LogP contribution in [-0.4, -0.2) is 40.1 Å². The highest BCUT2D eigenvalue weighted by atomic mass is 35.5. The van der Waals surface area contributed by atoms with E-state index in [2.05, 4.69) is 40.5 Å². The fourth-order valence-electron chi connectivity index (χ4n) is 2.29. The lowest BCUT2D eigenvalue weighted by molar-refractivity contribution is 0.357. The van der Waals surface area contributed by atoms with Crippen LogP contribution < -0.4 is 0 Å². The van der Waals surface area contributed by atoms with Gasteiger partial charge in [-0.1, -0.05) is 0 Å². The van der Waals surface area contributed by atoms with Gasteiger partial charge in [0.1, 0.15) is 11.3 Å². The summed E-state index contributed by atoms with van der Waals surface area (Å²) in [4.78, 5) is 10.9. The van der Waals surface area contributed by atoms with Gasteiger partial charge in [-0.25, -0.2) is 4.98 Å². The predicted molar refractivity (Wildman–Crippen MR) is 79.7 cm³/mol. The van der Waals surface area contributed by atoms with E-state index in [1.165, 1.54) is 0 Å². The third-order valence-corrected chi connectivity index (χ3v) is 3.50. The first-order valence-electron chi connectivity index (χ1n) is 6.61. The van der Waals surface area contributed by atoms with Gasteiger partial charge in [0.15, 0.2) is 0 Å². The van der Waals surface area contributed by atoms with Gasteiger partial charge in [0.25, 0.3) is 0 Å². The van der Waals surface area contributed by atoms with Crippen molar-refractivity contribution in [3.63, 3.8) is 0 Å². The largest absolute Gasteiger partial charge is 0.324 e. The molecule has 2 heterocycles. The Kier molecular flexibility index (Phi) is 4.42. The van der Waals surface area contributed by atoms with E-state index in [-0.39, 0.29) is 5.38 Å². The van der Waals surface area contributed by atoms with Gasteiger partial charge in [0.05, 0.1) is 17.1 Å². The van der Waals surface area contributed by atoms with E-state index < -0.39 is 0 Å². The van der Waals surface area contributed by atoms with Crippen LogP contribution in [0, 0.1) is 0 Å². The number of imidazole rings is 1. The fourth-order valence-corrected chi connectivity index (χ4v) is 2.44. The number of hydrogen-bond acceptors (Lipinski definition) is 3. The zero-order chi connectivity index (χ0) is 14.0. The van der Waals surface area contributed by atoms with Crippen LogP contribution in [0.2, 0.25) is 0 Å². The molecule has 0 aliphatic heterocycles. The van der Waals surface area contributed by atoms with Crippen molar-refractivity contribution in [1.29, 1.82) is 0 Å². The summed E-state index contributed by atoms with van der Waals surface area (Å²) >= 11 is 6.27. The van der Waals surface area contributed by atoms with Gasteiger partial charge in [0.2, 0.25) is 0 Å². The van der Waals surface area contributed by atoms with Gasteiger partial charge < -0.3 is 9.47 Å². The summed E-state index contributed by atoms with van der Waals surface area (Å²) in [6, 6.07) is 2.38. The maximum absolute atomic E-state index is 6.27. The monoisotopic (exact) mass is 280 g/mol. The molecule has 0 aromatic carbocycles. The zero-order valence-corrected chi connectivity index (χ0v) is 12.7. The van der Waals surface area contributed by atoms with Gasteiger partial charge in [-0.05, 0) is 47.0 Å². The van der Waals surface area contributed by atoms with E-state index in [0.29, 0.717) is 6.04 Å². The highest BCUT2D eigenvalue weighted by molar-refractivity contribution is 6.20. The second-order valence-corrected chi connectivity index (χ2v) is 5.92. The highest BCUT2D eigenvalue weighted by Gasteiger charge is 2.18. The first-order valence-corrected chi connectivity index (χ1v) is 7.05. The molecule has 0 fully saturated rings. The first-order chi connectivity index (χ1) is 9.00. The summed E-state index contributed by atoms with van der Waals surface area (Å²) in [6.45, 7) is 5.22. The van der Waals surface area contributed by atoms with Crippen molar-refractivity contribution in [1.82, 2.24) is 19.4 Å². The van der Waals surface area contributed by atoms with Crippen LogP contribution in [0.15, 0.2) is 18.5 Å². The molecule has 0 spiro atoms. The van der Waals surface area contributed by atoms with Crippen LogP contribution in [0.5, 0.6) is 0 Å². The second kappa shape index (κ2) is 5.88. The molecule has 2 atom stereocenters. The fraction of sp³-hybridized carbons (Fsp3) is 0.571. The normalized spacial score (nSPS) is 15.1. The summed E-state index contributed by atoms with van der Waals surface area (Å²) < 4.78 is 2.25. The molecule has 0 amide bonds. The van der Waals surface area contributed by atoms with E-state index in [1.807, 2.05) is 19.2 Å². The lowest BCUT2D eigenvalue weighted by atomic mass is 10.2. The number of rotatable bonds is 5. The van der Waals surface area contributed by atoms with Crippen molar-refractivity contribution in [3.05, 3.63) is 24.3 Å². The molecule has 4 nitrogen and oxygen atoms in total. The molecule has 0 saturated carbocycles. The second-order valence-electron chi connectivity index (χ2n) is 5.26. The quantitative estimate of drug-likeness (QED) is 0.789. The third kappa shape index (κ3) is 3.07. The summed E-state index contributed by atoms with van der Waals surface area (Å²) in [5, 5.41) is -0.103. The first kappa shape index (κ1) is 14.3. The number of hydrogen-bond donors (Lipinski definition) is 0. The molecule has 0 saturated heterocycles. The molecule has 0 N–H and O–H groups in total. The van der Waals surface area contributed by atoms with Gasteiger partial charge >= 0.3 is 0 Å². The Morgan fingerprint density at radius 3 is 2.74 bits per heavy atom. The molecule has 0 aliphatic rings. The molecule has 2 aromatic rings. The van der Waals surface area contributed by atoms with Crippen molar-refractivity contribution in [2.24, 2.45) is 0 Å². The summed E-state index contributed by atoms with van der Waals surface area (Å²) in [6.07, 6.45) is 4.67. The van der Waals surface area contributed by atoms with Gasteiger partial charge in [-0.3, -0.25) is 4.98 Å². The minimum atomic E-state index is -0.103. The van der Waals surface area contributed by atoms with E-state index in [1.54, 1.807) is 6.20 Å². The molecular weight excluding hydrogens is 260 g/mol. The Labute approximate surface area is 119 Å². The number of nitrogens with zero attached hydrogens (tertiary/aromatic N) is 4. The predicted octanol–water partition coefficient (Wildman–Crippen LogP) is 3.24. The number of pyridine rings is 1. The average molecular weight is 281 g/mol. The lowest BCUT2D eigenvalue weighted by Gasteiger charge is -2.20. The molecule has 5 heteroatoms. The Morgan fingerprint density at radius 2 is 2.11 bits per heavy atom. The molecule has 0 aliphatic carbocycles. The lowest BCUT2D eigenvalue weighted by Crippen LogP contribution is -2.18. The number of halogens is 1. The Morgan fingerprint density at radius 1 is 1.37 bits per heavy atom. The van der Waals surface area contributed by atoms with E-state index >= 15 is 0 Å². The van der Waals surface area contributed by atoms with Crippen molar-refractivity contribution in [3.8, 4) is 0 Å². The van der Waals surface area contributed by atoms with E-state index in [0.717, 1.165) is 29.8 Å². The van der Waals surface area contributed by atoms with E-state index in [4.69, 9.17) is 11.6 Å². The van der Waals surface area contributed by atoms with Crippen molar-refractivity contribution in [2.45, 2.75) is 31.7 Å². The molecule has 2 unspecified atom stereocenters. The molecule has 2 aromatic heterocycles. The van der Waals surface area contributed by atoms with Gasteiger partial charge in [-0.15, -0.1) is 11.6 Å². The number of fused-ring (bicyclic) bond motifs is 1. The van der Waals surface area contributed by atoms with Crippen molar-refractivity contribution >= 4 is 22.6 Å². The minimum Gasteiger partial charge on any atom is -0.324 e. The van der Waals surface area contributed by atoms with Crippen LogP contribution in [0.25, 0.3) is 11.0 Å². The van der Waals surface area contributed by atoms with Crippen molar-refractivity contribution in [2.75, 3.05) is 20.6 Å². The zero-order valence-electron chi connectivity index (χ0n) is 12.0. The smallest absolute Gasteiger partial charge is 0.128 e. The standard InChI is InChI=1S/C14H21ClN4/c1-10(6-8-18(3)4)19-13-5-7-16-9-12(13)17-14(19)11(2)15/h5,7,9-11H,6,8H2,1-4H3. The summed E-state index contributed by atoms with van der Waals surface area (Å²) in [7, 11) is 4.18. The van der Waals surface area contributed by atoms with Crippen LogP contribution in [0.3, 0.4) is 0 Å². The maximum Gasteiger partial charge on any atom is 0.128 e. The van der Waals surface area contributed by atoms with Crippen LogP contribution in [0.4, 0.5) is 0 Å². The molecular formula is C14H21ClN4. The van der Waals surface area contributed by atoms with Crippen molar-refractivity contribution < 1.29 is 0 Å². The average Bonchev–Trinajstić information content (AvgIpc) is 2.75. The topological polar surface area (TPSA) is 34.0 Å². The maximum atomic E-state index is 6.27. The van der Waals surface area contributed by atoms with Crippen LogP contribution in [-0.2, 0) is 0 Å².